The van der Waals surface area contributed by atoms with Crippen LogP contribution in [0, 0.1) is 13.8 Å². The van der Waals surface area contributed by atoms with Gasteiger partial charge in [-0.15, -0.1) is 0 Å². The Balaban J connectivity index is 2.31. The van der Waals surface area contributed by atoms with Crippen molar-refractivity contribution in [2.75, 3.05) is 24.6 Å². The Morgan fingerprint density at radius 2 is 2.12 bits per heavy atom. The third kappa shape index (κ3) is 2.47. The third-order valence-corrected chi connectivity index (χ3v) is 4.05. The first-order valence-corrected chi connectivity index (χ1v) is 6.83. The fourth-order valence-corrected chi connectivity index (χ4v) is 3.19. The minimum Gasteiger partial charge on any atom is -0.480 e. The van der Waals surface area contributed by atoms with Gasteiger partial charge in [-0.05, 0) is 13.8 Å². The van der Waals surface area contributed by atoms with E-state index in [4.69, 9.17) is 0 Å². The van der Waals surface area contributed by atoms with Gasteiger partial charge in [-0.1, -0.05) is 0 Å². The van der Waals surface area contributed by atoms with Crippen LogP contribution in [-0.4, -0.2) is 50.8 Å². The lowest BCUT2D eigenvalue weighted by Crippen LogP contribution is -2.40. The number of hydrogen-bond donors (Lipinski definition) is 2. The van der Waals surface area contributed by atoms with Crippen LogP contribution in [0.4, 0.5) is 0 Å². The van der Waals surface area contributed by atoms with E-state index in [1.165, 1.54) is 0 Å². The van der Waals surface area contributed by atoms with Crippen molar-refractivity contribution in [3.63, 3.8) is 0 Å². The van der Waals surface area contributed by atoms with Gasteiger partial charge in [0.05, 0.1) is 5.69 Å². The topological polar surface area (TPSA) is 69.2 Å². The third-order valence-electron chi connectivity index (χ3n) is 3.10. The molecule has 1 saturated heterocycles. The smallest absolute Gasteiger partial charge is 0.325 e. The van der Waals surface area contributed by atoms with E-state index in [2.05, 4.69) is 10.2 Å². The summed E-state index contributed by atoms with van der Waals surface area (Å²) in [7, 11) is 0. The van der Waals surface area contributed by atoms with Gasteiger partial charge in [0.15, 0.2) is 0 Å². The fraction of sp³-hybridized carbons (Fsp3) is 0.636. The molecule has 0 aromatic carbocycles. The van der Waals surface area contributed by atoms with E-state index in [1.807, 2.05) is 30.5 Å². The summed E-state index contributed by atoms with van der Waals surface area (Å²) < 4.78 is 0. The van der Waals surface area contributed by atoms with E-state index < -0.39 is 12.0 Å². The highest BCUT2D eigenvalue weighted by molar-refractivity contribution is 7.99. The quantitative estimate of drug-likeness (QED) is 0.849. The maximum Gasteiger partial charge on any atom is 0.325 e. The molecule has 0 radical (unpaired) electrons. The van der Waals surface area contributed by atoms with Crippen molar-refractivity contribution >= 4 is 17.7 Å². The Labute approximate surface area is 105 Å². The highest BCUT2D eigenvalue weighted by atomic mass is 32.2. The molecule has 1 aliphatic rings. The fourth-order valence-electron chi connectivity index (χ4n) is 2.26. The minimum absolute atomic E-state index is 0.561. The summed E-state index contributed by atoms with van der Waals surface area (Å²) in [5.74, 6) is 1.21. The van der Waals surface area contributed by atoms with E-state index >= 15 is 0 Å². The molecule has 0 saturated carbocycles. The Hall–Kier alpha value is -1.01. The molecular weight excluding hydrogens is 238 g/mol. The normalized spacial score (nSPS) is 19.2. The van der Waals surface area contributed by atoms with Crippen LogP contribution in [0.3, 0.4) is 0 Å². The van der Waals surface area contributed by atoms with Crippen LogP contribution in [0.15, 0.2) is 0 Å². The molecule has 0 amide bonds. The molecule has 94 valence electrons. The Kier molecular flexibility index (Phi) is 3.73. The summed E-state index contributed by atoms with van der Waals surface area (Å²) in [6.45, 7) is 5.38. The number of hydrogen-bond acceptors (Lipinski definition) is 4. The molecule has 5 nitrogen and oxygen atoms in total. The molecule has 2 heterocycles. The predicted octanol–water partition coefficient (Wildman–Crippen LogP) is 1.20. The van der Waals surface area contributed by atoms with Crippen LogP contribution >= 0.6 is 11.8 Å². The van der Waals surface area contributed by atoms with E-state index in [1.54, 1.807) is 0 Å². The molecule has 0 aliphatic carbocycles. The van der Waals surface area contributed by atoms with Crippen molar-refractivity contribution in [1.82, 2.24) is 15.1 Å². The average molecular weight is 255 g/mol. The molecule has 1 atom stereocenters. The zero-order valence-corrected chi connectivity index (χ0v) is 10.9. The lowest BCUT2D eigenvalue weighted by Gasteiger charge is -2.31. The summed E-state index contributed by atoms with van der Waals surface area (Å²) in [6, 6.07) is -0.561. The van der Waals surface area contributed by atoms with Gasteiger partial charge in [0.25, 0.3) is 0 Å². The number of aromatic nitrogens is 2. The summed E-state index contributed by atoms with van der Waals surface area (Å²) in [4.78, 5) is 13.5. The van der Waals surface area contributed by atoms with E-state index in [-0.39, 0.29) is 0 Å². The number of H-pyrrole nitrogens is 1. The van der Waals surface area contributed by atoms with Crippen molar-refractivity contribution in [2.24, 2.45) is 0 Å². The molecule has 1 aromatic rings. The number of nitrogens with zero attached hydrogens (tertiary/aromatic N) is 2. The number of aryl methyl sites for hydroxylation is 2. The second-order valence-electron chi connectivity index (χ2n) is 4.24. The van der Waals surface area contributed by atoms with Crippen LogP contribution in [0.5, 0.6) is 0 Å². The van der Waals surface area contributed by atoms with Gasteiger partial charge in [-0.25, -0.2) is 0 Å². The molecule has 2 rings (SSSR count). The van der Waals surface area contributed by atoms with Crippen LogP contribution < -0.4 is 0 Å². The number of carboxylic acid groups (broad SMARTS) is 1. The number of carboxylic acids is 1. The molecule has 17 heavy (non-hydrogen) atoms. The van der Waals surface area contributed by atoms with Crippen LogP contribution in [0.1, 0.15) is 23.0 Å². The maximum absolute atomic E-state index is 11.5. The van der Waals surface area contributed by atoms with Gasteiger partial charge < -0.3 is 5.11 Å². The average Bonchev–Trinajstić information content (AvgIpc) is 2.62. The molecule has 1 aromatic heterocycles. The Morgan fingerprint density at radius 3 is 2.59 bits per heavy atom. The SMILES string of the molecule is Cc1n[nH]c(C)c1C(C(=O)O)N1CCSCC1. The first-order chi connectivity index (χ1) is 8.11. The van der Waals surface area contributed by atoms with Gasteiger partial charge in [-0.2, -0.15) is 16.9 Å². The number of rotatable bonds is 3. The van der Waals surface area contributed by atoms with Crippen LogP contribution in [-0.2, 0) is 4.79 Å². The number of carbonyl (C=O) groups is 1. The largest absolute Gasteiger partial charge is 0.480 e. The Morgan fingerprint density at radius 1 is 1.47 bits per heavy atom. The molecule has 0 bridgehead atoms. The highest BCUT2D eigenvalue weighted by Gasteiger charge is 2.32. The molecule has 1 fully saturated rings. The van der Waals surface area contributed by atoms with Crippen molar-refractivity contribution in [3.05, 3.63) is 17.0 Å². The summed E-state index contributed by atoms with van der Waals surface area (Å²) in [5.41, 5.74) is 2.46. The molecule has 1 aliphatic heterocycles. The van der Waals surface area contributed by atoms with Gasteiger partial charge in [0.2, 0.25) is 0 Å². The minimum atomic E-state index is -0.787. The molecule has 0 spiro atoms. The Bertz CT molecular complexity index is 393. The second-order valence-corrected chi connectivity index (χ2v) is 5.46. The summed E-state index contributed by atoms with van der Waals surface area (Å²) in [5, 5.41) is 16.4. The number of aliphatic carboxylic acids is 1. The van der Waals surface area contributed by atoms with Crippen molar-refractivity contribution < 1.29 is 9.90 Å². The summed E-state index contributed by atoms with van der Waals surface area (Å²) in [6.07, 6.45) is 0. The van der Waals surface area contributed by atoms with Crippen LogP contribution in [0.2, 0.25) is 0 Å². The molecular formula is C11H17N3O2S. The van der Waals surface area contributed by atoms with Gasteiger partial charge >= 0.3 is 5.97 Å². The van der Waals surface area contributed by atoms with E-state index in [9.17, 15) is 9.90 Å². The van der Waals surface area contributed by atoms with E-state index in [0.29, 0.717) is 0 Å². The first kappa shape index (κ1) is 12.4. The van der Waals surface area contributed by atoms with Crippen molar-refractivity contribution in [1.29, 1.82) is 0 Å². The summed E-state index contributed by atoms with van der Waals surface area (Å²) >= 11 is 1.88. The molecule has 2 N–H and O–H groups in total. The monoisotopic (exact) mass is 255 g/mol. The number of nitrogens with one attached hydrogen (secondary N) is 1. The zero-order chi connectivity index (χ0) is 12.4. The predicted molar refractivity (Wildman–Crippen MR) is 67.3 cm³/mol. The number of thioether (sulfide) groups is 1. The van der Waals surface area contributed by atoms with Gasteiger partial charge in [0.1, 0.15) is 6.04 Å². The highest BCUT2D eigenvalue weighted by Crippen LogP contribution is 2.28. The van der Waals surface area contributed by atoms with E-state index in [0.717, 1.165) is 41.5 Å². The standard InChI is InChI=1S/C11H17N3O2S/c1-7-9(8(2)13-12-7)10(11(15)16)14-3-5-17-6-4-14/h10H,3-6H2,1-2H3,(H,12,13)(H,15,16). The van der Waals surface area contributed by atoms with Crippen molar-refractivity contribution in [3.8, 4) is 0 Å². The van der Waals surface area contributed by atoms with Crippen molar-refractivity contribution in [2.45, 2.75) is 19.9 Å². The lowest BCUT2D eigenvalue weighted by atomic mass is 10.0. The zero-order valence-electron chi connectivity index (χ0n) is 10.1. The van der Waals surface area contributed by atoms with Gasteiger partial charge in [-0.3, -0.25) is 14.8 Å². The molecule has 1 unspecified atom stereocenters. The van der Waals surface area contributed by atoms with Crippen LogP contribution in [0.25, 0.3) is 0 Å². The van der Waals surface area contributed by atoms with Gasteiger partial charge in [0, 0.05) is 35.9 Å². The first-order valence-electron chi connectivity index (χ1n) is 5.67. The maximum atomic E-state index is 11.5. The second kappa shape index (κ2) is 5.10. The molecule has 6 heteroatoms. The number of aromatic amines is 1. The lowest BCUT2D eigenvalue weighted by molar-refractivity contribution is -0.143.